The minimum Gasteiger partial charge on any atom is -0.504 e. The lowest BCUT2D eigenvalue weighted by molar-refractivity contribution is 0.373. The van der Waals surface area contributed by atoms with E-state index in [2.05, 4.69) is 10.1 Å². The maximum absolute atomic E-state index is 13.1. The number of benzene rings is 3. The second-order valence-corrected chi connectivity index (χ2v) is 6.69. The molecule has 0 spiro atoms. The third-order valence-corrected chi connectivity index (χ3v) is 4.60. The van der Waals surface area contributed by atoms with Crippen LogP contribution in [-0.2, 0) is 0 Å². The molecule has 0 amide bonds. The van der Waals surface area contributed by atoms with Crippen molar-refractivity contribution in [3.8, 4) is 22.9 Å². The second-order valence-electron chi connectivity index (χ2n) is 6.26. The molecule has 0 aliphatic rings. The van der Waals surface area contributed by atoms with Crippen LogP contribution in [0, 0.1) is 0 Å². The first-order chi connectivity index (χ1) is 14.1. The average Bonchev–Trinajstić information content (AvgIpc) is 2.74. The van der Waals surface area contributed by atoms with Gasteiger partial charge in [0.2, 0.25) is 0 Å². The Morgan fingerprint density at radius 2 is 1.90 bits per heavy atom. The van der Waals surface area contributed by atoms with Crippen LogP contribution in [0.15, 0.2) is 76.6 Å². The Balaban J connectivity index is 1.91. The molecule has 3 aromatic carbocycles. The van der Waals surface area contributed by atoms with E-state index in [1.54, 1.807) is 30.3 Å². The first-order valence-corrected chi connectivity index (χ1v) is 9.14. The molecular weight excluding hydrogens is 390 g/mol. The van der Waals surface area contributed by atoms with Crippen molar-refractivity contribution in [2.45, 2.75) is 0 Å². The van der Waals surface area contributed by atoms with Gasteiger partial charge < -0.3 is 9.84 Å². The molecule has 4 aromatic rings. The van der Waals surface area contributed by atoms with Gasteiger partial charge in [-0.05, 0) is 42.0 Å². The predicted molar refractivity (Wildman–Crippen MR) is 114 cm³/mol. The van der Waals surface area contributed by atoms with E-state index in [0.29, 0.717) is 33.1 Å². The van der Waals surface area contributed by atoms with E-state index in [0.717, 1.165) is 5.56 Å². The Hall–Kier alpha value is -3.64. The monoisotopic (exact) mass is 405 g/mol. The zero-order valence-electron chi connectivity index (χ0n) is 15.4. The number of phenolic OH excluding ortho intramolecular Hbond substituents is 1. The summed E-state index contributed by atoms with van der Waals surface area (Å²) in [7, 11) is 1.46. The molecule has 1 heterocycles. The molecule has 1 aromatic heterocycles. The van der Waals surface area contributed by atoms with Gasteiger partial charge in [-0.2, -0.15) is 9.78 Å². The minimum absolute atomic E-state index is 0.0241. The molecule has 0 atom stereocenters. The highest BCUT2D eigenvalue weighted by Crippen LogP contribution is 2.26. The van der Waals surface area contributed by atoms with Gasteiger partial charge in [-0.15, -0.1) is 0 Å². The summed E-state index contributed by atoms with van der Waals surface area (Å²) < 4.78 is 6.37. The number of halogens is 1. The number of hydrogen-bond acceptors (Lipinski definition) is 5. The number of aromatic nitrogens is 2. The number of ether oxygens (including phenoxy) is 1. The van der Waals surface area contributed by atoms with E-state index in [4.69, 9.17) is 16.3 Å². The molecule has 4 rings (SSSR count). The predicted octanol–water partition coefficient (Wildman–Crippen LogP) is 4.31. The van der Waals surface area contributed by atoms with Gasteiger partial charge in [0.15, 0.2) is 17.3 Å². The van der Waals surface area contributed by atoms with Gasteiger partial charge in [0.1, 0.15) is 0 Å². The molecule has 144 valence electrons. The third kappa shape index (κ3) is 3.70. The lowest BCUT2D eigenvalue weighted by Gasteiger charge is -2.10. The molecule has 0 aliphatic carbocycles. The van der Waals surface area contributed by atoms with Gasteiger partial charge in [-0.25, -0.2) is 4.98 Å². The molecule has 0 saturated carbocycles. The number of phenols is 1. The Kier molecular flexibility index (Phi) is 5.01. The van der Waals surface area contributed by atoms with Crippen molar-refractivity contribution in [1.29, 1.82) is 0 Å². The largest absolute Gasteiger partial charge is 0.504 e. The molecule has 1 N–H and O–H groups in total. The van der Waals surface area contributed by atoms with Crippen LogP contribution in [0.3, 0.4) is 0 Å². The van der Waals surface area contributed by atoms with Gasteiger partial charge in [-0.3, -0.25) is 4.79 Å². The molecule has 0 saturated heterocycles. The van der Waals surface area contributed by atoms with Crippen molar-refractivity contribution in [3.05, 3.63) is 87.7 Å². The normalized spacial score (nSPS) is 11.2. The van der Waals surface area contributed by atoms with Crippen molar-refractivity contribution < 1.29 is 9.84 Å². The maximum atomic E-state index is 13.1. The van der Waals surface area contributed by atoms with Crippen LogP contribution < -0.4 is 10.3 Å². The fourth-order valence-electron chi connectivity index (χ4n) is 2.93. The number of methoxy groups -OCH3 is 1. The molecule has 0 bridgehead atoms. The summed E-state index contributed by atoms with van der Waals surface area (Å²) in [5.74, 6) is 0.735. The van der Waals surface area contributed by atoms with E-state index < -0.39 is 0 Å². The van der Waals surface area contributed by atoms with Crippen LogP contribution in [0.5, 0.6) is 11.5 Å². The molecular formula is C22H16ClN3O3. The molecule has 0 radical (unpaired) electrons. The molecule has 0 aliphatic heterocycles. The smallest absolute Gasteiger partial charge is 0.282 e. The number of rotatable bonds is 4. The SMILES string of the molecule is COc1cc(C=Nn2c(-c3ccccc3)nc3cc(Cl)ccc3c2=O)ccc1O. The lowest BCUT2D eigenvalue weighted by Crippen LogP contribution is -2.20. The zero-order valence-corrected chi connectivity index (χ0v) is 16.2. The summed E-state index contributed by atoms with van der Waals surface area (Å²) in [4.78, 5) is 17.8. The summed E-state index contributed by atoms with van der Waals surface area (Å²) in [6, 6.07) is 19.1. The van der Waals surface area contributed by atoms with Crippen molar-refractivity contribution >= 4 is 28.7 Å². The van der Waals surface area contributed by atoms with Crippen molar-refractivity contribution in [3.63, 3.8) is 0 Å². The number of aromatic hydroxyl groups is 1. The summed E-state index contributed by atoms with van der Waals surface area (Å²) in [6.45, 7) is 0. The first kappa shape index (κ1) is 18.7. The molecule has 0 fully saturated rings. The van der Waals surface area contributed by atoms with Crippen LogP contribution in [0.1, 0.15) is 5.56 Å². The molecule has 0 unspecified atom stereocenters. The first-order valence-electron chi connectivity index (χ1n) is 8.76. The Labute approximate surface area is 171 Å². The van der Waals surface area contributed by atoms with E-state index in [9.17, 15) is 9.90 Å². The fourth-order valence-corrected chi connectivity index (χ4v) is 3.10. The quantitative estimate of drug-likeness (QED) is 0.513. The summed E-state index contributed by atoms with van der Waals surface area (Å²) in [5.41, 5.74) is 1.58. The van der Waals surface area contributed by atoms with Gasteiger partial charge in [0, 0.05) is 10.6 Å². The van der Waals surface area contributed by atoms with Crippen molar-refractivity contribution in [2.24, 2.45) is 5.10 Å². The van der Waals surface area contributed by atoms with E-state index >= 15 is 0 Å². The standard InChI is InChI=1S/C22H16ClN3O3/c1-29-20-11-14(7-10-19(20)27)13-24-26-21(15-5-3-2-4-6-15)25-18-12-16(23)8-9-17(18)22(26)28/h2-13,27H,1H3. The summed E-state index contributed by atoms with van der Waals surface area (Å²) >= 11 is 6.08. The van der Waals surface area contributed by atoms with E-state index in [1.165, 1.54) is 24.1 Å². The van der Waals surface area contributed by atoms with Crippen LogP contribution in [-0.4, -0.2) is 28.1 Å². The fraction of sp³-hybridized carbons (Fsp3) is 0.0455. The average molecular weight is 406 g/mol. The number of nitrogens with zero attached hydrogens (tertiary/aromatic N) is 3. The zero-order chi connectivity index (χ0) is 20.4. The van der Waals surface area contributed by atoms with E-state index in [1.807, 2.05) is 30.3 Å². The Morgan fingerprint density at radius 3 is 2.66 bits per heavy atom. The topological polar surface area (TPSA) is 76.7 Å². The highest BCUT2D eigenvalue weighted by atomic mass is 35.5. The number of fused-ring (bicyclic) bond motifs is 1. The molecule has 29 heavy (non-hydrogen) atoms. The third-order valence-electron chi connectivity index (χ3n) is 4.37. The van der Waals surface area contributed by atoms with Gasteiger partial charge in [0.05, 0.1) is 24.2 Å². The lowest BCUT2D eigenvalue weighted by atomic mass is 10.2. The van der Waals surface area contributed by atoms with Crippen LogP contribution >= 0.6 is 11.6 Å². The van der Waals surface area contributed by atoms with Crippen LogP contribution in [0.25, 0.3) is 22.3 Å². The summed E-state index contributed by atoms with van der Waals surface area (Å²) in [6.07, 6.45) is 1.51. The summed E-state index contributed by atoms with van der Waals surface area (Å²) in [5, 5.41) is 15.0. The minimum atomic E-state index is -0.312. The van der Waals surface area contributed by atoms with Crippen LogP contribution in [0.2, 0.25) is 5.02 Å². The Morgan fingerprint density at radius 1 is 1.10 bits per heavy atom. The maximum Gasteiger partial charge on any atom is 0.282 e. The van der Waals surface area contributed by atoms with Crippen LogP contribution in [0.4, 0.5) is 0 Å². The van der Waals surface area contributed by atoms with Crippen molar-refractivity contribution in [1.82, 2.24) is 9.66 Å². The molecule has 6 nitrogen and oxygen atoms in total. The van der Waals surface area contributed by atoms with Gasteiger partial charge >= 0.3 is 0 Å². The second kappa shape index (κ2) is 7.77. The Bertz CT molecular complexity index is 1280. The van der Waals surface area contributed by atoms with Crippen molar-refractivity contribution in [2.75, 3.05) is 7.11 Å². The van der Waals surface area contributed by atoms with Gasteiger partial charge in [0.25, 0.3) is 5.56 Å². The van der Waals surface area contributed by atoms with Gasteiger partial charge in [-0.1, -0.05) is 41.9 Å². The molecule has 7 heteroatoms. The highest BCUT2D eigenvalue weighted by molar-refractivity contribution is 6.31. The van der Waals surface area contributed by atoms with E-state index in [-0.39, 0.29) is 11.3 Å². The number of hydrogen-bond donors (Lipinski definition) is 1. The highest BCUT2D eigenvalue weighted by Gasteiger charge is 2.13.